The molecule has 1 atom stereocenters. The number of ether oxygens (including phenoxy) is 3. The van der Waals surface area contributed by atoms with E-state index in [0.29, 0.717) is 12.8 Å². The van der Waals surface area contributed by atoms with Crippen LogP contribution in [0.3, 0.4) is 0 Å². The number of rotatable bonds is 10. The molecule has 1 saturated heterocycles. The van der Waals surface area contributed by atoms with E-state index < -0.39 is 40.3 Å². The van der Waals surface area contributed by atoms with Crippen molar-refractivity contribution in [3.05, 3.63) is 45.5 Å². The first-order chi connectivity index (χ1) is 18.7. The van der Waals surface area contributed by atoms with Crippen molar-refractivity contribution in [2.75, 3.05) is 50.6 Å². The molecule has 1 aliphatic heterocycles. The summed E-state index contributed by atoms with van der Waals surface area (Å²) in [5, 5.41) is 12.0. The third-order valence-electron chi connectivity index (χ3n) is 6.03. The fourth-order valence-corrected chi connectivity index (χ4v) is 4.13. The van der Waals surface area contributed by atoms with Gasteiger partial charge in [-0.05, 0) is 38.0 Å². The molecule has 1 fully saturated rings. The maximum Gasteiger partial charge on any atom is 0.353 e. The summed E-state index contributed by atoms with van der Waals surface area (Å²) in [6.45, 7) is 4.13. The summed E-state index contributed by atoms with van der Waals surface area (Å²) in [4.78, 5) is 60.8. The highest BCUT2D eigenvalue weighted by Crippen LogP contribution is 2.35. The van der Waals surface area contributed by atoms with E-state index in [9.17, 15) is 24.5 Å². The van der Waals surface area contributed by atoms with Gasteiger partial charge >= 0.3 is 23.6 Å². The highest BCUT2D eigenvalue weighted by molar-refractivity contribution is 5.98. The Morgan fingerprint density at radius 2 is 1.92 bits per heavy atom. The lowest BCUT2D eigenvalue weighted by Crippen LogP contribution is -2.49. The molecule has 0 aliphatic carbocycles. The van der Waals surface area contributed by atoms with Crippen LogP contribution in [0.4, 0.5) is 17.3 Å². The first kappa shape index (κ1) is 29.1. The van der Waals surface area contributed by atoms with Gasteiger partial charge in [-0.15, -0.1) is 0 Å². The second kappa shape index (κ2) is 13.3. The number of amides is 1. The third-order valence-corrected chi connectivity index (χ3v) is 6.03. The average molecular weight is 545 g/mol. The summed E-state index contributed by atoms with van der Waals surface area (Å²) in [7, 11) is 1.24. The van der Waals surface area contributed by atoms with Crippen molar-refractivity contribution < 1.29 is 33.5 Å². The van der Waals surface area contributed by atoms with Crippen LogP contribution in [0.15, 0.2) is 24.3 Å². The molecule has 1 unspecified atom stereocenters. The second-order valence-electron chi connectivity index (χ2n) is 8.66. The Morgan fingerprint density at radius 1 is 1.18 bits per heavy atom. The fraction of sp³-hybridized carbons (Fsp3) is 0.480. The number of nitrogen functional groups attached to an aromatic ring is 1. The topological polar surface area (TPSA) is 180 Å². The number of benzene rings is 1. The average Bonchev–Trinajstić information content (AvgIpc) is 3.15. The Morgan fingerprint density at radius 3 is 2.59 bits per heavy atom. The van der Waals surface area contributed by atoms with Crippen LogP contribution >= 0.6 is 0 Å². The van der Waals surface area contributed by atoms with Crippen LogP contribution in [0.2, 0.25) is 0 Å². The van der Waals surface area contributed by atoms with E-state index in [4.69, 9.17) is 19.9 Å². The maximum absolute atomic E-state index is 13.4. The Balaban J connectivity index is 2.01. The van der Waals surface area contributed by atoms with Gasteiger partial charge in [0.05, 0.1) is 37.4 Å². The van der Waals surface area contributed by atoms with Gasteiger partial charge in [0, 0.05) is 18.7 Å². The van der Waals surface area contributed by atoms with Gasteiger partial charge in [-0.1, -0.05) is 19.4 Å². The zero-order valence-electron chi connectivity index (χ0n) is 22.1. The van der Waals surface area contributed by atoms with Gasteiger partial charge in [-0.25, -0.2) is 9.59 Å². The molecule has 14 heteroatoms. The third kappa shape index (κ3) is 6.89. The molecule has 1 amide bonds. The molecule has 14 nitrogen and oxygen atoms in total. The Labute approximate surface area is 225 Å². The standard InChI is InChI=1S/C25H32N6O8/c1-4-6-13-39-25-27-20(26)19(31(35)36)21(28-25)30-12-8-11-29(15-18(30)24(34)38-5-2)22(32)16-9-7-10-17(14-16)23(33)37-3/h7,9-10,14,18H,4-6,8,11-13,15H2,1-3H3,(H2,26,27,28). The van der Waals surface area contributed by atoms with Crippen molar-refractivity contribution in [3.8, 4) is 6.01 Å². The molecule has 2 aromatic rings. The van der Waals surface area contributed by atoms with E-state index in [2.05, 4.69) is 9.97 Å². The molecular formula is C25H32N6O8. The van der Waals surface area contributed by atoms with Crippen molar-refractivity contribution in [2.24, 2.45) is 0 Å². The predicted octanol–water partition coefficient (Wildman–Crippen LogP) is 2.22. The number of aromatic nitrogens is 2. The highest BCUT2D eigenvalue weighted by Gasteiger charge is 2.39. The second-order valence-corrected chi connectivity index (χ2v) is 8.66. The van der Waals surface area contributed by atoms with E-state index in [-0.39, 0.29) is 55.8 Å². The van der Waals surface area contributed by atoms with Gasteiger partial charge in [0.1, 0.15) is 6.04 Å². The number of nitro groups is 1. The van der Waals surface area contributed by atoms with E-state index in [1.807, 2.05) is 6.92 Å². The number of nitrogens with two attached hydrogens (primary N) is 1. The van der Waals surface area contributed by atoms with Crippen LogP contribution in [0, 0.1) is 10.1 Å². The summed E-state index contributed by atoms with van der Waals surface area (Å²) in [6.07, 6.45) is 1.89. The van der Waals surface area contributed by atoms with Gasteiger partial charge in [0.15, 0.2) is 0 Å². The molecule has 0 bridgehead atoms. The van der Waals surface area contributed by atoms with Crippen molar-refractivity contribution in [1.29, 1.82) is 0 Å². The fourth-order valence-electron chi connectivity index (χ4n) is 4.13. The number of hydrogen-bond acceptors (Lipinski definition) is 12. The lowest BCUT2D eigenvalue weighted by Gasteiger charge is -2.30. The number of carbonyl (C=O) groups excluding carboxylic acids is 3. The number of hydrogen-bond donors (Lipinski definition) is 1. The van der Waals surface area contributed by atoms with Gasteiger partial charge < -0.3 is 29.7 Å². The number of methoxy groups -OCH3 is 1. The van der Waals surface area contributed by atoms with Gasteiger partial charge in [-0.2, -0.15) is 9.97 Å². The quantitative estimate of drug-likeness (QED) is 0.200. The number of carbonyl (C=O) groups is 3. The molecular weight excluding hydrogens is 512 g/mol. The minimum Gasteiger partial charge on any atom is -0.465 e. The Hall–Kier alpha value is -4.49. The van der Waals surface area contributed by atoms with Crippen LogP contribution in [-0.2, 0) is 14.3 Å². The predicted molar refractivity (Wildman–Crippen MR) is 140 cm³/mol. The highest BCUT2D eigenvalue weighted by atomic mass is 16.6. The lowest BCUT2D eigenvalue weighted by molar-refractivity contribution is -0.383. The summed E-state index contributed by atoms with van der Waals surface area (Å²) < 4.78 is 15.6. The normalized spacial score (nSPS) is 15.3. The lowest BCUT2D eigenvalue weighted by atomic mass is 10.1. The largest absolute Gasteiger partial charge is 0.465 e. The molecule has 2 N–H and O–H groups in total. The first-order valence-corrected chi connectivity index (χ1v) is 12.6. The smallest absolute Gasteiger partial charge is 0.353 e. The van der Waals surface area contributed by atoms with Crippen molar-refractivity contribution in [1.82, 2.24) is 14.9 Å². The first-order valence-electron chi connectivity index (χ1n) is 12.6. The number of esters is 2. The van der Waals surface area contributed by atoms with Gasteiger partial charge in [0.25, 0.3) is 5.91 Å². The van der Waals surface area contributed by atoms with E-state index >= 15 is 0 Å². The summed E-state index contributed by atoms with van der Waals surface area (Å²) in [5.41, 5.74) is 5.78. The van der Waals surface area contributed by atoms with E-state index in [1.54, 1.807) is 19.1 Å². The zero-order valence-corrected chi connectivity index (χ0v) is 22.1. The molecule has 0 radical (unpaired) electrons. The van der Waals surface area contributed by atoms with Gasteiger partial charge in [-0.3, -0.25) is 14.9 Å². The van der Waals surface area contributed by atoms with Crippen LogP contribution in [0.5, 0.6) is 6.01 Å². The Bertz CT molecular complexity index is 1220. The molecule has 0 saturated carbocycles. The van der Waals surface area contributed by atoms with Crippen molar-refractivity contribution in [3.63, 3.8) is 0 Å². The minimum absolute atomic E-state index is 0.0533. The minimum atomic E-state index is -1.14. The monoisotopic (exact) mass is 544 g/mol. The molecule has 39 heavy (non-hydrogen) atoms. The van der Waals surface area contributed by atoms with E-state index in [1.165, 1.54) is 29.0 Å². The van der Waals surface area contributed by atoms with E-state index in [0.717, 1.165) is 6.42 Å². The molecule has 1 aromatic carbocycles. The van der Waals surface area contributed by atoms with Crippen LogP contribution in [-0.4, -0.2) is 83.6 Å². The van der Waals surface area contributed by atoms with Crippen molar-refractivity contribution >= 4 is 35.2 Å². The molecule has 0 spiro atoms. The number of nitrogens with zero attached hydrogens (tertiary/aromatic N) is 5. The van der Waals surface area contributed by atoms with Crippen LogP contribution < -0.4 is 15.4 Å². The summed E-state index contributed by atoms with van der Waals surface area (Å²) in [5.74, 6) is -2.32. The van der Waals surface area contributed by atoms with Crippen molar-refractivity contribution in [2.45, 2.75) is 39.2 Å². The summed E-state index contributed by atoms with van der Waals surface area (Å²) >= 11 is 0. The van der Waals surface area contributed by atoms with Gasteiger partial charge in [0.2, 0.25) is 11.6 Å². The molecule has 1 aliphatic rings. The maximum atomic E-state index is 13.4. The summed E-state index contributed by atoms with van der Waals surface area (Å²) in [6, 6.07) is 4.74. The molecule has 210 valence electrons. The van der Waals surface area contributed by atoms with Crippen LogP contribution in [0.1, 0.15) is 53.8 Å². The SMILES string of the molecule is CCCCOc1nc(N)c([N+](=O)[O-])c(N2CCCN(C(=O)c3cccc(C(=O)OC)c3)CC2C(=O)OCC)n1. The molecule has 1 aromatic heterocycles. The molecule has 3 rings (SSSR count). The zero-order chi connectivity index (χ0) is 28.5. The number of anilines is 2. The Kier molecular flexibility index (Phi) is 9.95. The molecule has 2 heterocycles. The number of unbranched alkanes of at least 4 members (excludes halogenated alkanes) is 1. The van der Waals surface area contributed by atoms with Crippen LogP contribution in [0.25, 0.3) is 0 Å².